The first-order valence-electron chi connectivity index (χ1n) is 8.68. The molecule has 0 N–H and O–H groups in total. The van der Waals surface area contributed by atoms with Crippen molar-refractivity contribution in [3.8, 4) is 17.6 Å². The summed E-state index contributed by atoms with van der Waals surface area (Å²) in [5, 5.41) is 10.2. The van der Waals surface area contributed by atoms with Gasteiger partial charge in [-0.2, -0.15) is 5.26 Å². The smallest absolute Gasteiger partial charge is 0.261 e. The highest BCUT2D eigenvalue weighted by Crippen LogP contribution is 2.70. The number of hydrogen-bond donors (Lipinski definition) is 0. The van der Waals surface area contributed by atoms with E-state index in [1.165, 1.54) is 26.5 Å². The highest BCUT2D eigenvalue weighted by molar-refractivity contribution is 9.10. The van der Waals surface area contributed by atoms with E-state index in [4.69, 9.17) is 9.47 Å². The molecule has 0 saturated carbocycles. The van der Waals surface area contributed by atoms with Crippen molar-refractivity contribution in [1.29, 1.82) is 5.26 Å². The summed E-state index contributed by atoms with van der Waals surface area (Å²) < 4.78 is 12.0. The fourth-order valence-electron chi connectivity index (χ4n) is 4.58. The van der Waals surface area contributed by atoms with Crippen LogP contribution in [0.5, 0.6) is 11.5 Å². The van der Waals surface area contributed by atoms with Crippen LogP contribution in [-0.2, 0) is 9.59 Å². The van der Waals surface area contributed by atoms with Gasteiger partial charge in [0.15, 0.2) is 21.2 Å². The molecule has 5 aliphatic rings. The number of amides is 2. The van der Waals surface area contributed by atoms with E-state index in [2.05, 4.69) is 22.0 Å². The molecule has 28 heavy (non-hydrogen) atoms. The number of carbonyl (C=O) groups is 2. The highest BCUT2D eigenvalue weighted by Gasteiger charge is 2.75. The highest BCUT2D eigenvalue weighted by atomic mass is 79.9. The van der Waals surface area contributed by atoms with Crippen LogP contribution in [0.2, 0.25) is 0 Å². The number of hydrogen-bond acceptors (Lipinski definition) is 7. The Balaban J connectivity index is 1.78. The average molecular weight is 482 g/mol. The summed E-state index contributed by atoms with van der Waals surface area (Å²) in [7, 11) is 4.45. The zero-order chi connectivity index (χ0) is 20.1. The van der Waals surface area contributed by atoms with Crippen LogP contribution in [0.15, 0.2) is 16.6 Å². The van der Waals surface area contributed by atoms with Gasteiger partial charge in [-0.25, -0.2) is 0 Å². The van der Waals surface area contributed by atoms with Crippen molar-refractivity contribution in [2.24, 2.45) is 5.41 Å². The summed E-state index contributed by atoms with van der Waals surface area (Å²) in [5.74, 6) is 0.801. The maximum absolute atomic E-state index is 13.6. The minimum atomic E-state index is -1.11. The Kier molecular flexibility index (Phi) is 3.64. The molecule has 1 spiro atoms. The molecule has 5 aliphatic heterocycles. The molecule has 7 nitrogen and oxygen atoms in total. The minimum Gasteiger partial charge on any atom is -0.454 e. The Hall–Kier alpha value is -1.57. The van der Waals surface area contributed by atoms with E-state index in [-0.39, 0.29) is 25.0 Å². The van der Waals surface area contributed by atoms with Crippen LogP contribution in [-0.4, -0.2) is 45.2 Å². The van der Waals surface area contributed by atoms with Crippen molar-refractivity contribution in [3.63, 3.8) is 0 Å². The monoisotopic (exact) mass is 481 g/mol. The van der Waals surface area contributed by atoms with Crippen molar-refractivity contribution >= 4 is 49.3 Å². The van der Waals surface area contributed by atoms with Gasteiger partial charge in [0.2, 0.25) is 6.79 Å². The fraction of sp³-hybridized carbons (Fsp3) is 0.500. The van der Waals surface area contributed by atoms with Gasteiger partial charge in [-0.3, -0.25) is 9.59 Å². The molecule has 1 aromatic carbocycles. The van der Waals surface area contributed by atoms with Gasteiger partial charge < -0.3 is 19.3 Å². The summed E-state index contributed by atoms with van der Waals surface area (Å²) >= 11 is 3.58. The number of fused-ring (bicyclic) bond motifs is 3. The van der Waals surface area contributed by atoms with E-state index >= 15 is 0 Å². The number of piperazine rings is 1. The summed E-state index contributed by atoms with van der Waals surface area (Å²) in [4.78, 5) is 28.1. The third-order valence-electron chi connectivity index (χ3n) is 6.15. The lowest BCUT2D eigenvalue weighted by Gasteiger charge is -2.57. The van der Waals surface area contributed by atoms with Crippen LogP contribution in [0.25, 0.3) is 0 Å². The normalized spacial score (nSPS) is 38.0. The van der Waals surface area contributed by atoms with E-state index in [0.29, 0.717) is 17.1 Å². The van der Waals surface area contributed by atoms with E-state index in [0.717, 1.165) is 4.47 Å². The summed E-state index contributed by atoms with van der Waals surface area (Å²) in [6.45, 7) is 3.66. The van der Waals surface area contributed by atoms with Crippen LogP contribution in [0.3, 0.4) is 0 Å². The van der Waals surface area contributed by atoms with Gasteiger partial charge >= 0.3 is 0 Å². The third kappa shape index (κ3) is 1.93. The lowest BCUT2D eigenvalue weighted by molar-refractivity contribution is -0.164. The van der Waals surface area contributed by atoms with Crippen molar-refractivity contribution < 1.29 is 19.1 Å². The second-order valence-electron chi connectivity index (χ2n) is 7.78. The Morgan fingerprint density at radius 2 is 2.00 bits per heavy atom. The first-order valence-corrected chi connectivity index (χ1v) is 11.6. The van der Waals surface area contributed by atoms with E-state index in [1.54, 1.807) is 24.9 Å². The molecule has 4 fully saturated rings. The van der Waals surface area contributed by atoms with Gasteiger partial charge in [-0.1, -0.05) is 37.5 Å². The Morgan fingerprint density at radius 3 is 2.71 bits per heavy atom. The SMILES string of the molecule is CN1C(=O)[C@]23C[C@](C)(C#N)[C@H](c4c(Br)ccc5c4OCO5)N2C(=O)[C@@]1(C)SS3. The van der Waals surface area contributed by atoms with E-state index in [1.807, 2.05) is 13.0 Å². The molecule has 0 aromatic heterocycles. The minimum absolute atomic E-state index is 0.0812. The topological polar surface area (TPSA) is 82.9 Å². The van der Waals surface area contributed by atoms with Gasteiger partial charge in [0.05, 0.1) is 17.5 Å². The summed E-state index contributed by atoms with van der Waals surface area (Å²) in [6, 6.07) is 5.39. The zero-order valence-electron chi connectivity index (χ0n) is 15.3. The van der Waals surface area contributed by atoms with Crippen LogP contribution >= 0.6 is 37.5 Å². The molecule has 10 heteroatoms. The Labute approximate surface area is 178 Å². The van der Waals surface area contributed by atoms with Crippen LogP contribution in [0.4, 0.5) is 0 Å². The molecule has 2 amide bonds. The van der Waals surface area contributed by atoms with E-state index in [9.17, 15) is 14.9 Å². The van der Waals surface area contributed by atoms with Crippen molar-refractivity contribution in [3.05, 3.63) is 22.2 Å². The molecule has 1 aromatic rings. The fourth-order valence-corrected chi connectivity index (χ4v) is 8.69. The average Bonchev–Trinajstić information content (AvgIpc) is 3.24. The van der Waals surface area contributed by atoms with Crippen LogP contribution in [0.1, 0.15) is 31.9 Å². The number of rotatable bonds is 1. The van der Waals surface area contributed by atoms with Gasteiger partial charge in [-0.05, 0) is 26.0 Å². The van der Waals surface area contributed by atoms with Gasteiger partial charge in [-0.15, -0.1) is 0 Å². The molecule has 4 saturated heterocycles. The number of likely N-dealkylation sites (N-methyl/N-ethyl adjacent to an activating group) is 1. The molecular weight excluding hydrogens is 466 g/mol. The molecule has 6 rings (SSSR count). The Morgan fingerprint density at radius 1 is 1.25 bits per heavy atom. The summed E-state index contributed by atoms with van der Waals surface area (Å²) in [6.07, 6.45) is 0.251. The molecule has 4 atom stereocenters. The lowest BCUT2D eigenvalue weighted by Crippen LogP contribution is -2.73. The predicted octanol–water partition coefficient (Wildman–Crippen LogP) is 3.26. The second-order valence-corrected chi connectivity index (χ2v) is 11.4. The van der Waals surface area contributed by atoms with Gasteiger partial charge in [0.1, 0.15) is 0 Å². The first-order chi connectivity index (χ1) is 13.2. The number of carbonyl (C=O) groups excluding carboxylic acids is 2. The zero-order valence-corrected chi connectivity index (χ0v) is 18.5. The number of halogens is 1. The standard InChI is InChI=1S/C18H16BrN3O4S2/c1-16(7-20)6-18-15(24)21(3)17(2,27-28-18)14(23)22(18)13(16)11-9(19)4-5-10-12(11)26-8-25-10/h4-5,13H,6,8H2,1-3H3/t13-,16+,17+,18+/m0/s1. The molecule has 146 valence electrons. The maximum atomic E-state index is 13.6. The largest absolute Gasteiger partial charge is 0.454 e. The molecule has 0 radical (unpaired) electrons. The predicted molar refractivity (Wildman–Crippen MR) is 107 cm³/mol. The molecule has 2 bridgehead atoms. The second kappa shape index (κ2) is 5.52. The van der Waals surface area contributed by atoms with Crippen LogP contribution < -0.4 is 9.47 Å². The number of nitriles is 1. The molecule has 0 aliphatic carbocycles. The number of ether oxygens (including phenoxy) is 2. The molecular formula is C18H16BrN3O4S2. The Bertz CT molecular complexity index is 1000. The first kappa shape index (κ1) is 18.5. The third-order valence-corrected chi connectivity index (χ3v) is 10.5. The van der Waals surface area contributed by atoms with Gasteiger partial charge in [0, 0.05) is 23.5 Å². The van der Waals surface area contributed by atoms with E-state index < -0.39 is 21.2 Å². The quantitative estimate of drug-likeness (QED) is 0.569. The van der Waals surface area contributed by atoms with Crippen molar-refractivity contribution in [1.82, 2.24) is 9.80 Å². The summed E-state index contributed by atoms with van der Waals surface area (Å²) in [5.41, 5.74) is -0.291. The molecule has 5 heterocycles. The lowest BCUT2D eigenvalue weighted by atomic mass is 9.79. The van der Waals surface area contributed by atoms with Gasteiger partial charge in [0.25, 0.3) is 11.8 Å². The van der Waals surface area contributed by atoms with Crippen molar-refractivity contribution in [2.45, 2.75) is 36.1 Å². The number of benzene rings is 1. The van der Waals surface area contributed by atoms with Crippen LogP contribution in [0, 0.1) is 16.7 Å². The number of nitrogens with zero attached hydrogens (tertiary/aromatic N) is 3. The van der Waals surface area contributed by atoms with Crippen molar-refractivity contribution in [2.75, 3.05) is 13.8 Å². The maximum Gasteiger partial charge on any atom is 0.261 e. The molecule has 0 unspecified atom stereocenters.